The molecule has 0 N–H and O–H groups in total. The number of rotatable bonds is 4. The fourth-order valence-corrected chi connectivity index (χ4v) is 4.31. The van der Waals surface area contributed by atoms with Crippen molar-refractivity contribution in [3.05, 3.63) is 12.2 Å². The van der Waals surface area contributed by atoms with E-state index in [1.165, 1.54) is 0 Å². The minimum atomic E-state index is -0.139. The van der Waals surface area contributed by atoms with E-state index in [0.717, 1.165) is 51.8 Å². The number of likely N-dealkylation sites (tertiary alicyclic amines) is 1. The Balaban J connectivity index is 1.40. The maximum absolute atomic E-state index is 12.1. The molecule has 1 spiro atoms. The van der Waals surface area contributed by atoms with Crippen molar-refractivity contribution in [2.24, 2.45) is 5.92 Å². The largest absolute Gasteiger partial charge is 0.446 e. The van der Waals surface area contributed by atoms with Crippen molar-refractivity contribution >= 4 is 6.09 Å². The molecule has 5 nitrogen and oxygen atoms in total. The molecule has 4 fully saturated rings. The van der Waals surface area contributed by atoms with Gasteiger partial charge in [-0.25, -0.2) is 4.79 Å². The summed E-state index contributed by atoms with van der Waals surface area (Å²) >= 11 is 0. The molecule has 23 heavy (non-hydrogen) atoms. The zero-order valence-electron chi connectivity index (χ0n) is 14.1. The first-order valence-corrected chi connectivity index (χ1v) is 8.96. The summed E-state index contributed by atoms with van der Waals surface area (Å²) in [5.74, 6) is 0.327. The SMILES string of the molecule is CC=CC[C@H]1O[C@@]1(C)[C@H]1C[C@H](OC(=O)N2CCC2)CC[C@]12CO2. The molecule has 3 aliphatic heterocycles. The number of nitrogens with zero attached hydrogens (tertiary/aromatic N) is 1. The average molecular weight is 321 g/mol. The van der Waals surface area contributed by atoms with Gasteiger partial charge >= 0.3 is 6.09 Å². The summed E-state index contributed by atoms with van der Waals surface area (Å²) in [6.07, 6.45) is 9.18. The molecule has 1 amide bonds. The van der Waals surface area contributed by atoms with Crippen LogP contribution in [0.3, 0.4) is 0 Å². The second kappa shape index (κ2) is 5.49. The first-order chi connectivity index (χ1) is 11.1. The van der Waals surface area contributed by atoms with Gasteiger partial charge in [0.2, 0.25) is 0 Å². The molecule has 0 aromatic carbocycles. The van der Waals surface area contributed by atoms with Crippen molar-refractivity contribution in [2.75, 3.05) is 19.7 Å². The molecule has 1 saturated carbocycles. The zero-order valence-corrected chi connectivity index (χ0v) is 14.1. The van der Waals surface area contributed by atoms with Gasteiger partial charge in [0.15, 0.2) is 0 Å². The Morgan fingerprint density at radius 2 is 2.22 bits per heavy atom. The quantitative estimate of drug-likeness (QED) is 0.590. The van der Waals surface area contributed by atoms with Gasteiger partial charge < -0.3 is 19.1 Å². The van der Waals surface area contributed by atoms with Crippen molar-refractivity contribution in [1.29, 1.82) is 0 Å². The summed E-state index contributed by atoms with van der Waals surface area (Å²) in [6, 6.07) is 0. The Morgan fingerprint density at radius 3 is 2.83 bits per heavy atom. The number of hydrogen-bond acceptors (Lipinski definition) is 4. The van der Waals surface area contributed by atoms with Gasteiger partial charge in [-0.05, 0) is 46.0 Å². The van der Waals surface area contributed by atoms with E-state index in [1.807, 2.05) is 6.92 Å². The number of carbonyl (C=O) groups excluding carboxylic acids is 1. The van der Waals surface area contributed by atoms with Gasteiger partial charge in [0.1, 0.15) is 6.10 Å². The fraction of sp³-hybridized carbons (Fsp3) is 0.833. The number of allylic oxidation sites excluding steroid dienone is 1. The van der Waals surface area contributed by atoms with E-state index in [0.29, 0.717) is 5.92 Å². The van der Waals surface area contributed by atoms with Crippen LogP contribution in [-0.4, -0.2) is 54.1 Å². The van der Waals surface area contributed by atoms with Crippen LogP contribution in [-0.2, 0) is 14.2 Å². The number of carbonyl (C=O) groups is 1. The lowest BCUT2D eigenvalue weighted by molar-refractivity contribution is -0.0151. The van der Waals surface area contributed by atoms with Crippen molar-refractivity contribution in [3.8, 4) is 0 Å². The van der Waals surface area contributed by atoms with Crippen LogP contribution in [0.4, 0.5) is 4.79 Å². The second-order valence-electron chi connectivity index (χ2n) is 7.62. The molecule has 3 heterocycles. The van der Waals surface area contributed by atoms with Crippen molar-refractivity contribution in [3.63, 3.8) is 0 Å². The van der Waals surface area contributed by atoms with Crippen LogP contribution in [0.1, 0.15) is 46.0 Å². The lowest BCUT2D eigenvalue weighted by Crippen LogP contribution is -2.47. The molecule has 3 saturated heterocycles. The highest BCUT2D eigenvalue weighted by molar-refractivity contribution is 5.68. The van der Waals surface area contributed by atoms with Gasteiger partial charge in [0.25, 0.3) is 0 Å². The second-order valence-corrected chi connectivity index (χ2v) is 7.62. The molecule has 5 atom stereocenters. The van der Waals surface area contributed by atoms with Crippen LogP contribution < -0.4 is 0 Å². The predicted octanol–water partition coefficient (Wildman–Crippen LogP) is 2.89. The van der Waals surface area contributed by atoms with Crippen LogP contribution >= 0.6 is 0 Å². The highest BCUT2D eigenvalue weighted by Gasteiger charge is 2.68. The third-order valence-electron chi connectivity index (χ3n) is 6.18. The summed E-state index contributed by atoms with van der Waals surface area (Å²) in [6.45, 7) is 6.76. The van der Waals surface area contributed by atoms with Crippen LogP contribution in [0.15, 0.2) is 12.2 Å². The van der Waals surface area contributed by atoms with E-state index in [-0.39, 0.29) is 29.5 Å². The Labute approximate surface area is 137 Å². The summed E-state index contributed by atoms with van der Waals surface area (Å²) in [7, 11) is 0. The zero-order chi connectivity index (χ0) is 16.1. The maximum Gasteiger partial charge on any atom is 0.410 e. The topological polar surface area (TPSA) is 54.6 Å². The molecule has 0 radical (unpaired) electrons. The maximum atomic E-state index is 12.1. The number of ether oxygens (including phenoxy) is 3. The fourth-order valence-electron chi connectivity index (χ4n) is 4.31. The standard InChI is InChI=1S/C18H27NO4/c1-3-4-6-15-17(2,23-15)14-11-13(7-8-18(14)12-21-18)22-16(20)19-9-5-10-19/h3-4,13-15H,5-12H2,1-2H3/t13-,14-,15-,17+,18+/m1/s1. The molecular formula is C18H27NO4. The van der Waals surface area contributed by atoms with E-state index in [9.17, 15) is 4.79 Å². The van der Waals surface area contributed by atoms with E-state index in [1.54, 1.807) is 4.90 Å². The van der Waals surface area contributed by atoms with Crippen molar-refractivity contribution < 1.29 is 19.0 Å². The molecule has 4 aliphatic rings. The molecule has 0 aromatic rings. The van der Waals surface area contributed by atoms with E-state index < -0.39 is 0 Å². The van der Waals surface area contributed by atoms with Gasteiger partial charge in [-0.3, -0.25) is 0 Å². The van der Waals surface area contributed by atoms with Crippen LogP contribution in [0.5, 0.6) is 0 Å². The van der Waals surface area contributed by atoms with Crippen molar-refractivity contribution in [1.82, 2.24) is 4.90 Å². The van der Waals surface area contributed by atoms with Gasteiger partial charge in [-0.15, -0.1) is 0 Å². The average Bonchev–Trinajstić information content (AvgIpc) is 3.36. The van der Waals surface area contributed by atoms with Crippen molar-refractivity contribution in [2.45, 2.75) is 69.4 Å². The molecule has 1 aliphatic carbocycles. The Hall–Kier alpha value is -1.07. The third-order valence-corrected chi connectivity index (χ3v) is 6.18. The number of hydrogen-bond donors (Lipinski definition) is 0. The molecule has 0 bridgehead atoms. The highest BCUT2D eigenvalue weighted by Crippen LogP contribution is 2.59. The van der Waals surface area contributed by atoms with Gasteiger partial charge in [-0.1, -0.05) is 12.2 Å². The smallest absolute Gasteiger partial charge is 0.410 e. The highest BCUT2D eigenvalue weighted by atomic mass is 16.6. The monoisotopic (exact) mass is 321 g/mol. The van der Waals surface area contributed by atoms with E-state index in [4.69, 9.17) is 14.2 Å². The summed E-state index contributed by atoms with van der Waals surface area (Å²) < 4.78 is 17.7. The summed E-state index contributed by atoms with van der Waals surface area (Å²) in [5.41, 5.74) is -0.142. The summed E-state index contributed by atoms with van der Waals surface area (Å²) in [4.78, 5) is 13.9. The Bertz CT molecular complexity index is 511. The lowest BCUT2D eigenvalue weighted by atomic mass is 9.70. The first-order valence-electron chi connectivity index (χ1n) is 8.96. The van der Waals surface area contributed by atoms with Gasteiger partial charge in [0.05, 0.1) is 23.9 Å². The molecule has 128 valence electrons. The first kappa shape index (κ1) is 15.5. The molecule has 5 heteroatoms. The van der Waals surface area contributed by atoms with E-state index >= 15 is 0 Å². The lowest BCUT2D eigenvalue weighted by Gasteiger charge is -2.38. The van der Waals surface area contributed by atoms with E-state index in [2.05, 4.69) is 19.1 Å². The molecule has 0 aromatic heterocycles. The third kappa shape index (κ3) is 2.68. The molecule has 4 rings (SSSR count). The van der Waals surface area contributed by atoms with Crippen LogP contribution in [0, 0.1) is 5.92 Å². The number of amides is 1. The summed E-state index contributed by atoms with van der Waals surface area (Å²) in [5, 5.41) is 0. The van der Waals surface area contributed by atoms with Gasteiger partial charge in [-0.2, -0.15) is 0 Å². The molecule has 0 unspecified atom stereocenters. The Morgan fingerprint density at radius 1 is 1.43 bits per heavy atom. The number of epoxide rings is 2. The van der Waals surface area contributed by atoms with Gasteiger partial charge in [0, 0.05) is 19.0 Å². The predicted molar refractivity (Wildman–Crippen MR) is 85.2 cm³/mol. The molecular weight excluding hydrogens is 294 g/mol. The minimum absolute atomic E-state index is 0.00585. The van der Waals surface area contributed by atoms with Crippen LogP contribution in [0.25, 0.3) is 0 Å². The van der Waals surface area contributed by atoms with Crippen LogP contribution in [0.2, 0.25) is 0 Å². The normalized spacial score (nSPS) is 45.1. The minimum Gasteiger partial charge on any atom is -0.446 e. The Kier molecular flexibility index (Phi) is 3.69.